The second-order valence-electron chi connectivity index (χ2n) is 9.23. The molecular formula is C33H34N2O4. The highest BCUT2D eigenvalue weighted by Crippen LogP contribution is 2.20. The normalized spacial score (nSPS) is 10.5. The molecule has 0 aromatic heterocycles. The molecule has 200 valence electrons. The molecule has 2 amide bonds. The van der Waals surface area contributed by atoms with Crippen molar-refractivity contribution in [3.63, 3.8) is 0 Å². The largest absolute Gasteiger partial charge is 0.494 e. The van der Waals surface area contributed by atoms with Crippen LogP contribution in [0.2, 0.25) is 0 Å². The molecule has 6 nitrogen and oxygen atoms in total. The molecule has 0 aliphatic rings. The first-order valence-corrected chi connectivity index (χ1v) is 13.3. The minimum Gasteiger partial charge on any atom is -0.494 e. The van der Waals surface area contributed by atoms with Gasteiger partial charge < -0.3 is 20.1 Å². The molecule has 0 unspecified atom stereocenters. The number of ether oxygens (including phenoxy) is 2. The summed E-state index contributed by atoms with van der Waals surface area (Å²) in [6, 6.07) is 30.0. The van der Waals surface area contributed by atoms with Gasteiger partial charge in [-0.25, -0.2) is 0 Å². The highest BCUT2D eigenvalue weighted by atomic mass is 16.5. The van der Waals surface area contributed by atoms with Crippen molar-refractivity contribution in [2.45, 2.75) is 33.1 Å². The number of nitrogens with one attached hydrogen (secondary N) is 2. The average molecular weight is 523 g/mol. The standard InChI is InChI=1S/C33H34N2O4/c1-3-19-38-30-9-5-7-26(22-30)32(36)34-28-15-11-24(12-16-28)21-25-13-17-29(18-14-25)35-33(37)27-8-6-10-31(23-27)39-20-4-2/h5-18,22-23H,3-4,19-21H2,1-2H3,(H,34,36)(H,35,37). The lowest BCUT2D eigenvalue weighted by Crippen LogP contribution is -2.12. The van der Waals surface area contributed by atoms with Gasteiger partial charge in [-0.05, 0) is 91.1 Å². The van der Waals surface area contributed by atoms with Gasteiger partial charge in [0.25, 0.3) is 11.8 Å². The summed E-state index contributed by atoms with van der Waals surface area (Å²) >= 11 is 0. The molecule has 0 aliphatic carbocycles. The zero-order chi connectivity index (χ0) is 27.5. The van der Waals surface area contributed by atoms with Gasteiger partial charge in [-0.3, -0.25) is 9.59 Å². The summed E-state index contributed by atoms with van der Waals surface area (Å²) in [6.07, 6.45) is 2.55. The van der Waals surface area contributed by atoms with Crippen LogP contribution in [0.5, 0.6) is 11.5 Å². The fourth-order valence-corrected chi connectivity index (χ4v) is 3.95. The molecule has 4 aromatic rings. The molecule has 0 saturated carbocycles. The van der Waals surface area contributed by atoms with E-state index >= 15 is 0 Å². The lowest BCUT2D eigenvalue weighted by molar-refractivity contribution is 0.101. The first-order chi connectivity index (χ1) is 19.0. The van der Waals surface area contributed by atoms with Gasteiger partial charge in [0.05, 0.1) is 13.2 Å². The van der Waals surface area contributed by atoms with Crippen molar-refractivity contribution in [1.82, 2.24) is 0 Å². The molecule has 0 radical (unpaired) electrons. The van der Waals surface area contributed by atoms with Gasteiger partial charge >= 0.3 is 0 Å². The Morgan fingerprint density at radius 2 is 1.00 bits per heavy atom. The van der Waals surface area contributed by atoms with Gasteiger partial charge in [-0.1, -0.05) is 50.2 Å². The van der Waals surface area contributed by atoms with Crippen LogP contribution in [0.3, 0.4) is 0 Å². The molecule has 0 fully saturated rings. The summed E-state index contributed by atoms with van der Waals surface area (Å²) < 4.78 is 11.3. The zero-order valence-electron chi connectivity index (χ0n) is 22.4. The quantitative estimate of drug-likeness (QED) is 0.204. The first kappa shape index (κ1) is 27.5. The summed E-state index contributed by atoms with van der Waals surface area (Å²) in [5, 5.41) is 5.89. The molecule has 0 atom stereocenters. The van der Waals surface area contributed by atoms with Gasteiger partial charge in [0, 0.05) is 22.5 Å². The smallest absolute Gasteiger partial charge is 0.255 e. The van der Waals surface area contributed by atoms with Gasteiger partial charge in [-0.15, -0.1) is 0 Å². The Bertz CT molecular complexity index is 1270. The van der Waals surface area contributed by atoms with E-state index in [9.17, 15) is 9.59 Å². The van der Waals surface area contributed by atoms with Crippen molar-refractivity contribution in [3.05, 3.63) is 119 Å². The second kappa shape index (κ2) is 13.8. The molecule has 2 N–H and O–H groups in total. The van der Waals surface area contributed by atoms with Crippen LogP contribution in [0, 0.1) is 0 Å². The van der Waals surface area contributed by atoms with E-state index in [1.807, 2.05) is 86.6 Å². The predicted molar refractivity (Wildman–Crippen MR) is 156 cm³/mol. The van der Waals surface area contributed by atoms with Crippen molar-refractivity contribution in [3.8, 4) is 11.5 Å². The van der Waals surface area contributed by atoms with Crippen LogP contribution in [0.4, 0.5) is 11.4 Å². The van der Waals surface area contributed by atoms with E-state index in [2.05, 4.69) is 10.6 Å². The van der Waals surface area contributed by atoms with Crippen LogP contribution in [-0.4, -0.2) is 25.0 Å². The molecular weight excluding hydrogens is 488 g/mol. The Labute approximate surface area is 230 Å². The lowest BCUT2D eigenvalue weighted by Gasteiger charge is -2.10. The highest BCUT2D eigenvalue weighted by Gasteiger charge is 2.09. The van der Waals surface area contributed by atoms with Crippen LogP contribution >= 0.6 is 0 Å². The minimum absolute atomic E-state index is 0.178. The molecule has 0 saturated heterocycles. The second-order valence-corrected chi connectivity index (χ2v) is 9.23. The fraction of sp³-hybridized carbons (Fsp3) is 0.212. The summed E-state index contributed by atoms with van der Waals surface area (Å²) in [6.45, 7) is 5.32. The van der Waals surface area contributed by atoms with Crippen LogP contribution in [0.25, 0.3) is 0 Å². The summed E-state index contributed by atoms with van der Waals surface area (Å²) in [7, 11) is 0. The van der Waals surface area contributed by atoms with E-state index in [0.29, 0.717) is 35.8 Å². The maximum Gasteiger partial charge on any atom is 0.255 e. The van der Waals surface area contributed by atoms with Crippen molar-refractivity contribution < 1.29 is 19.1 Å². The topological polar surface area (TPSA) is 76.7 Å². The van der Waals surface area contributed by atoms with Gasteiger partial charge in [-0.2, -0.15) is 0 Å². The third-order valence-electron chi connectivity index (χ3n) is 5.97. The van der Waals surface area contributed by atoms with Gasteiger partial charge in [0.2, 0.25) is 0 Å². The summed E-state index contributed by atoms with van der Waals surface area (Å²) in [4.78, 5) is 25.3. The van der Waals surface area contributed by atoms with Gasteiger partial charge in [0.1, 0.15) is 11.5 Å². The number of hydrogen-bond donors (Lipinski definition) is 2. The zero-order valence-corrected chi connectivity index (χ0v) is 22.4. The minimum atomic E-state index is -0.178. The molecule has 0 aliphatic heterocycles. The maximum absolute atomic E-state index is 12.7. The third kappa shape index (κ3) is 8.20. The molecule has 4 rings (SSSR count). The van der Waals surface area contributed by atoms with Crippen molar-refractivity contribution in [2.24, 2.45) is 0 Å². The first-order valence-electron chi connectivity index (χ1n) is 13.3. The Balaban J connectivity index is 1.30. The van der Waals surface area contributed by atoms with Crippen molar-refractivity contribution in [1.29, 1.82) is 0 Å². The Hall–Kier alpha value is -4.58. The Morgan fingerprint density at radius 1 is 0.590 bits per heavy atom. The monoisotopic (exact) mass is 522 g/mol. The molecule has 0 heterocycles. The van der Waals surface area contributed by atoms with E-state index in [0.717, 1.165) is 41.8 Å². The summed E-state index contributed by atoms with van der Waals surface area (Å²) in [5.74, 6) is 1.03. The Morgan fingerprint density at radius 3 is 1.38 bits per heavy atom. The SMILES string of the molecule is CCCOc1cccc(C(=O)Nc2ccc(Cc3ccc(NC(=O)c4cccc(OCCC)c4)cc3)cc2)c1. The van der Waals surface area contributed by atoms with Crippen LogP contribution in [-0.2, 0) is 6.42 Å². The predicted octanol–water partition coefficient (Wildman–Crippen LogP) is 7.36. The van der Waals surface area contributed by atoms with E-state index in [4.69, 9.17) is 9.47 Å². The number of anilines is 2. The number of carbonyl (C=O) groups is 2. The van der Waals surface area contributed by atoms with E-state index < -0.39 is 0 Å². The average Bonchev–Trinajstić information content (AvgIpc) is 2.97. The molecule has 39 heavy (non-hydrogen) atoms. The van der Waals surface area contributed by atoms with Crippen molar-refractivity contribution in [2.75, 3.05) is 23.8 Å². The number of hydrogen-bond acceptors (Lipinski definition) is 4. The van der Waals surface area contributed by atoms with Crippen LogP contribution in [0.1, 0.15) is 58.5 Å². The summed E-state index contributed by atoms with van der Waals surface area (Å²) in [5.41, 5.74) is 4.79. The van der Waals surface area contributed by atoms with Crippen LogP contribution < -0.4 is 20.1 Å². The lowest BCUT2D eigenvalue weighted by atomic mass is 10.0. The third-order valence-corrected chi connectivity index (χ3v) is 5.97. The number of amides is 2. The molecule has 0 bridgehead atoms. The van der Waals surface area contributed by atoms with Gasteiger partial charge in [0.15, 0.2) is 0 Å². The number of rotatable bonds is 12. The molecule has 4 aromatic carbocycles. The number of benzene rings is 4. The van der Waals surface area contributed by atoms with Crippen LogP contribution in [0.15, 0.2) is 97.1 Å². The molecule has 0 spiro atoms. The van der Waals surface area contributed by atoms with E-state index in [1.165, 1.54) is 0 Å². The molecule has 6 heteroatoms. The highest BCUT2D eigenvalue weighted by molar-refractivity contribution is 6.05. The number of carbonyl (C=O) groups excluding carboxylic acids is 2. The van der Waals surface area contributed by atoms with E-state index in [-0.39, 0.29) is 11.8 Å². The van der Waals surface area contributed by atoms with Crippen molar-refractivity contribution >= 4 is 23.2 Å². The van der Waals surface area contributed by atoms with E-state index in [1.54, 1.807) is 24.3 Å². The maximum atomic E-state index is 12.7. The fourth-order valence-electron chi connectivity index (χ4n) is 3.95. The Kier molecular flexibility index (Phi) is 9.73.